The maximum atomic E-state index is 2.54. The molecule has 1 aliphatic carbocycles. The summed E-state index contributed by atoms with van der Waals surface area (Å²) < 4.78 is 0. The molecule has 0 aliphatic heterocycles. The third kappa shape index (κ3) is 3.68. The Labute approximate surface area is 88.9 Å². The number of nitrogens with zero attached hydrogens (tertiary/aromatic N) is 1. The Hall–Kier alpha value is 0.596. The molecule has 2 unspecified atom stereocenters. The first kappa shape index (κ1) is 11.7. The van der Waals surface area contributed by atoms with Crippen molar-refractivity contribution in [1.29, 1.82) is 0 Å². The zero-order valence-corrected chi connectivity index (χ0v) is 12.1. The molecule has 0 bridgehead atoms. The van der Waals surface area contributed by atoms with Crippen molar-refractivity contribution in [2.75, 3.05) is 14.1 Å². The van der Waals surface area contributed by atoms with Crippen molar-refractivity contribution in [3.63, 3.8) is 0 Å². The van der Waals surface area contributed by atoms with Crippen LogP contribution in [0.3, 0.4) is 0 Å². The monoisotopic (exact) mass is 239 g/mol. The minimum atomic E-state index is -0.776. The molecule has 0 heterocycles. The summed E-state index contributed by atoms with van der Waals surface area (Å²) in [5.41, 5.74) is 5.07. The van der Waals surface area contributed by atoms with Crippen molar-refractivity contribution in [2.45, 2.75) is 47.7 Å². The van der Waals surface area contributed by atoms with Gasteiger partial charge in [0.2, 0.25) is 0 Å². The van der Waals surface area contributed by atoms with E-state index >= 15 is 0 Å². The molecule has 0 saturated heterocycles. The molecule has 1 saturated carbocycles. The minimum absolute atomic E-state index is 0.776. The Morgan fingerprint density at radius 1 is 1.15 bits per heavy atom. The predicted molar refractivity (Wildman–Crippen MR) is 61.7 cm³/mol. The van der Waals surface area contributed by atoms with Crippen LogP contribution >= 0.6 is 0 Å². The van der Waals surface area contributed by atoms with Crippen molar-refractivity contribution in [3.8, 4) is 0 Å². The molecule has 1 fully saturated rings. The van der Waals surface area contributed by atoms with Crippen molar-refractivity contribution >= 4 is 16.2 Å². The van der Waals surface area contributed by atoms with Gasteiger partial charge in [0.1, 0.15) is 0 Å². The van der Waals surface area contributed by atoms with E-state index in [9.17, 15) is 0 Å². The van der Waals surface area contributed by atoms with Crippen LogP contribution in [0.1, 0.15) is 25.7 Å². The van der Waals surface area contributed by atoms with E-state index in [4.69, 9.17) is 0 Å². The van der Waals surface area contributed by atoms with Crippen molar-refractivity contribution in [3.05, 3.63) is 0 Å². The molecule has 0 radical (unpaired) electrons. The summed E-state index contributed by atoms with van der Waals surface area (Å²) in [5, 5.41) is 0. The standard InChI is InChI=1S/C9H18N.2CH3.Ga/c1-8-6-4-5-7-9(8)10(2)3;;;/h8-9H,1,4-7H2,2-3H3;2*1H3;. The number of rotatable bonds is 3. The molecule has 2 atom stereocenters. The molecule has 0 spiro atoms. The molecule has 0 amide bonds. The van der Waals surface area contributed by atoms with E-state index < -0.39 is 16.2 Å². The molecule has 1 nitrogen and oxygen atoms in total. The fourth-order valence-electron chi connectivity index (χ4n) is 2.75. The average Bonchev–Trinajstić information content (AvgIpc) is 2.03. The van der Waals surface area contributed by atoms with Crippen LogP contribution in [0.4, 0.5) is 0 Å². The average molecular weight is 240 g/mol. The fraction of sp³-hybridized carbons (Fsp3) is 1.00. The second kappa shape index (κ2) is 5.47. The summed E-state index contributed by atoms with van der Waals surface area (Å²) in [6.45, 7) is 0. The summed E-state index contributed by atoms with van der Waals surface area (Å²) in [7, 11) is 4.52. The van der Waals surface area contributed by atoms with Crippen LogP contribution in [-0.2, 0) is 0 Å². The molecule has 2 heteroatoms. The Balaban J connectivity index is 2.46. The van der Waals surface area contributed by atoms with Gasteiger partial charge in [-0.2, -0.15) is 0 Å². The van der Waals surface area contributed by atoms with Crippen LogP contribution in [0.15, 0.2) is 0 Å². The Morgan fingerprint density at radius 2 is 1.77 bits per heavy atom. The third-order valence-corrected chi connectivity index (χ3v) is 6.55. The Bertz CT molecular complexity index is 145. The van der Waals surface area contributed by atoms with Gasteiger partial charge in [-0.05, 0) is 0 Å². The quantitative estimate of drug-likeness (QED) is 0.685. The molecule has 0 aromatic heterocycles. The van der Waals surface area contributed by atoms with Gasteiger partial charge in [0, 0.05) is 0 Å². The normalized spacial score (nSPS) is 29.3. The van der Waals surface area contributed by atoms with Gasteiger partial charge in [0.05, 0.1) is 0 Å². The van der Waals surface area contributed by atoms with Gasteiger partial charge in [-0.25, -0.2) is 0 Å². The second-order valence-electron chi connectivity index (χ2n) is 5.21. The van der Waals surface area contributed by atoms with E-state index in [-0.39, 0.29) is 0 Å². The van der Waals surface area contributed by atoms with Gasteiger partial charge in [-0.15, -0.1) is 0 Å². The SMILES string of the molecule is CN(C)C1CCCCC1[CH2][Ga]([CH3])[CH3]. The summed E-state index contributed by atoms with van der Waals surface area (Å²) >= 11 is -0.776. The molecular formula is C11H24GaN. The van der Waals surface area contributed by atoms with Gasteiger partial charge in [0.25, 0.3) is 0 Å². The van der Waals surface area contributed by atoms with E-state index in [1.165, 1.54) is 25.7 Å². The first-order valence-electron chi connectivity index (χ1n) is 5.77. The zero-order valence-electron chi connectivity index (χ0n) is 9.71. The summed E-state index contributed by atoms with van der Waals surface area (Å²) in [5.74, 6) is 1.05. The van der Waals surface area contributed by atoms with Crippen LogP contribution in [0, 0.1) is 5.92 Å². The number of hydrogen-bond acceptors (Lipinski definition) is 1. The third-order valence-electron chi connectivity index (χ3n) is 3.31. The van der Waals surface area contributed by atoms with E-state index in [0.29, 0.717) is 0 Å². The van der Waals surface area contributed by atoms with Crippen molar-refractivity contribution in [2.24, 2.45) is 5.92 Å². The van der Waals surface area contributed by atoms with Gasteiger partial charge in [-0.1, -0.05) is 0 Å². The van der Waals surface area contributed by atoms with Crippen LogP contribution in [0.2, 0.25) is 15.9 Å². The second-order valence-corrected chi connectivity index (χ2v) is 12.0. The molecule has 13 heavy (non-hydrogen) atoms. The van der Waals surface area contributed by atoms with Gasteiger partial charge >= 0.3 is 88.8 Å². The fourth-order valence-corrected chi connectivity index (χ4v) is 6.44. The number of hydrogen-bond donors (Lipinski definition) is 0. The van der Waals surface area contributed by atoms with Crippen LogP contribution < -0.4 is 0 Å². The zero-order chi connectivity index (χ0) is 9.84. The Kier molecular flexibility index (Phi) is 4.91. The van der Waals surface area contributed by atoms with Crippen LogP contribution in [-0.4, -0.2) is 41.3 Å². The van der Waals surface area contributed by atoms with Gasteiger partial charge in [0.15, 0.2) is 0 Å². The van der Waals surface area contributed by atoms with Gasteiger partial charge in [-0.3, -0.25) is 0 Å². The molecule has 76 valence electrons. The Morgan fingerprint density at radius 3 is 2.31 bits per heavy atom. The molecule has 0 aromatic carbocycles. The summed E-state index contributed by atoms with van der Waals surface area (Å²) in [4.78, 5) is 4.07. The van der Waals surface area contributed by atoms with Crippen LogP contribution in [0.25, 0.3) is 0 Å². The van der Waals surface area contributed by atoms with E-state index in [0.717, 1.165) is 12.0 Å². The molecular weight excluding hydrogens is 216 g/mol. The summed E-state index contributed by atoms with van der Waals surface area (Å²) in [6, 6.07) is 0.904. The molecule has 1 aliphatic rings. The van der Waals surface area contributed by atoms with Crippen molar-refractivity contribution < 1.29 is 0 Å². The van der Waals surface area contributed by atoms with E-state index in [2.05, 4.69) is 30.0 Å². The molecule has 1 rings (SSSR count). The molecule has 0 aromatic rings. The first-order chi connectivity index (χ1) is 6.11. The predicted octanol–water partition coefficient (Wildman–Crippen LogP) is 2.86. The van der Waals surface area contributed by atoms with Gasteiger partial charge < -0.3 is 0 Å². The molecule has 0 N–H and O–H groups in total. The van der Waals surface area contributed by atoms with Crippen LogP contribution in [0.5, 0.6) is 0 Å². The summed E-state index contributed by atoms with van der Waals surface area (Å²) in [6.07, 6.45) is 5.91. The van der Waals surface area contributed by atoms with E-state index in [1.807, 2.05) is 0 Å². The first-order valence-corrected chi connectivity index (χ1v) is 12.3. The van der Waals surface area contributed by atoms with Crippen molar-refractivity contribution in [1.82, 2.24) is 4.90 Å². The van der Waals surface area contributed by atoms with E-state index in [1.54, 1.807) is 4.98 Å². The maximum absolute atomic E-state index is 2.54. The topological polar surface area (TPSA) is 3.24 Å².